The van der Waals surface area contributed by atoms with Gasteiger partial charge in [-0.1, -0.05) is 23.7 Å². The number of benzene rings is 2. The van der Waals surface area contributed by atoms with E-state index >= 15 is 0 Å². The summed E-state index contributed by atoms with van der Waals surface area (Å²) in [5.41, 5.74) is -0.182. The molecule has 2 heterocycles. The zero-order valence-corrected chi connectivity index (χ0v) is 20.5. The van der Waals surface area contributed by atoms with E-state index in [-0.39, 0.29) is 30.8 Å². The maximum Gasteiger partial charge on any atom is 0.354 e. The molecule has 4 aromatic rings. The number of aliphatic carboxylic acids is 1. The topological polar surface area (TPSA) is 128 Å². The largest absolute Gasteiger partial charge is 0.481 e. The van der Waals surface area contributed by atoms with Gasteiger partial charge in [-0.05, 0) is 66.4 Å². The summed E-state index contributed by atoms with van der Waals surface area (Å²) in [5.74, 6) is -2.28. The van der Waals surface area contributed by atoms with Gasteiger partial charge in [0.05, 0.1) is 12.5 Å². The SMILES string of the molecule is O=C(O)[C@H]1C[C@H]1Cn1c(=O)nc(Nc2ccc(Oc3ncccc3F)cc2)n(Cc2ccc(Cl)cc2)c1=O. The lowest BCUT2D eigenvalue weighted by atomic mass is 10.2. The average Bonchev–Trinajstić information content (AvgIpc) is 3.68. The van der Waals surface area contributed by atoms with E-state index in [0.29, 0.717) is 22.9 Å². The van der Waals surface area contributed by atoms with Gasteiger partial charge in [0.2, 0.25) is 5.95 Å². The van der Waals surface area contributed by atoms with Crippen molar-refractivity contribution >= 4 is 29.2 Å². The highest BCUT2D eigenvalue weighted by atomic mass is 35.5. The first kappa shape index (κ1) is 25.2. The van der Waals surface area contributed by atoms with Gasteiger partial charge in [0.25, 0.3) is 5.88 Å². The fourth-order valence-electron chi connectivity index (χ4n) is 3.98. The van der Waals surface area contributed by atoms with Crippen molar-refractivity contribution in [3.8, 4) is 11.6 Å². The van der Waals surface area contributed by atoms with Gasteiger partial charge < -0.3 is 15.2 Å². The fraction of sp³-hybridized carbons (Fsp3) is 0.192. The molecule has 1 aliphatic carbocycles. The van der Waals surface area contributed by atoms with Gasteiger partial charge in [-0.3, -0.25) is 9.36 Å². The second kappa shape index (κ2) is 10.5. The van der Waals surface area contributed by atoms with E-state index in [1.165, 1.54) is 22.9 Å². The van der Waals surface area contributed by atoms with E-state index in [4.69, 9.17) is 16.3 Å². The van der Waals surface area contributed by atoms with Crippen molar-refractivity contribution in [3.05, 3.63) is 104 Å². The Bertz CT molecular complexity index is 1600. The minimum absolute atomic E-state index is 0.00113. The number of aromatic nitrogens is 4. The molecule has 0 unspecified atom stereocenters. The first-order valence-electron chi connectivity index (χ1n) is 11.6. The monoisotopic (exact) mass is 537 g/mol. The molecule has 5 rings (SSSR count). The molecular weight excluding hydrogens is 517 g/mol. The molecule has 38 heavy (non-hydrogen) atoms. The Balaban J connectivity index is 1.44. The molecule has 0 radical (unpaired) electrons. The molecule has 0 aliphatic heterocycles. The summed E-state index contributed by atoms with van der Waals surface area (Å²) < 4.78 is 21.6. The molecule has 0 amide bonds. The molecule has 2 atom stereocenters. The van der Waals surface area contributed by atoms with Crippen LogP contribution in [0.25, 0.3) is 0 Å². The van der Waals surface area contributed by atoms with E-state index in [9.17, 15) is 23.9 Å². The maximum absolute atomic E-state index is 13.8. The third kappa shape index (κ3) is 5.57. The van der Waals surface area contributed by atoms with Crippen molar-refractivity contribution in [1.82, 2.24) is 19.1 Å². The lowest BCUT2D eigenvalue weighted by Crippen LogP contribution is -2.43. The number of carboxylic acids is 1. The van der Waals surface area contributed by atoms with Crippen LogP contribution in [-0.2, 0) is 17.9 Å². The quantitative estimate of drug-likeness (QED) is 0.329. The summed E-state index contributed by atoms with van der Waals surface area (Å²) in [5, 5.41) is 12.7. The van der Waals surface area contributed by atoms with Crippen molar-refractivity contribution < 1.29 is 19.0 Å². The molecule has 1 aliphatic rings. The van der Waals surface area contributed by atoms with Crippen LogP contribution in [0.3, 0.4) is 0 Å². The Morgan fingerprint density at radius 2 is 1.84 bits per heavy atom. The number of hydrogen-bond acceptors (Lipinski definition) is 7. The maximum atomic E-state index is 13.8. The van der Waals surface area contributed by atoms with Crippen LogP contribution >= 0.6 is 11.6 Å². The third-order valence-electron chi connectivity index (χ3n) is 6.11. The second-order valence-electron chi connectivity index (χ2n) is 8.81. The van der Waals surface area contributed by atoms with E-state index in [1.54, 1.807) is 48.5 Å². The zero-order valence-electron chi connectivity index (χ0n) is 19.8. The molecule has 12 heteroatoms. The normalized spacial score (nSPS) is 16.2. The molecule has 1 saturated carbocycles. The summed E-state index contributed by atoms with van der Waals surface area (Å²) in [6.45, 7) is 0.0530. The Morgan fingerprint density at radius 3 is 2.50 bits per heavy atom. The van der Waals surface area contributed by atoms with E-state index in [0.717, 1.165) is 10.1 Å². The molecule has 1 fully saturated rings. The van der Waals surface area contributed by atoms with Gasteiger partial charge in [0.15, 0.2) is 5.82 Å². The molecule has 0 bridgehead atoms. The minimum Gasteiger partial charge on any atom is -0.481 e. The van der Waals surface area contributed by atoms with Gasteiger partial charge in [0.1, 0.15) is 5.75 Å². The molecular formula is C26H21ClFN5O5. The zero-order chi connectivity index (χ0) is 26.8. The number of carbonyl (C=O) groups is 1. The number of anilines is 2. The minimum atomic E-state index is -0.950. The number of nitrogens with one attached hydrogen (secondary N) is 1. The van der Waals surface area contributed by atoms with Gasteiger partial charge >= 0.3 is 17.3 Å². The summed E-state index contributed by atoms with van der Waals surface area (Å²) >= 11 is 5.98. The molecule has 0 saturated heterocycles. The molecule has 0 spiro atoms. The average molecular weight is 538 g/mol. The standard InChI is InChI=1S/C26H21ClFN5O5/c27-17-5-3-15(4-6-17)13-32-24(31-25(36)33(26(32)37)14-16-12-20(16)23(34)35)30-18-7-9-19(10-8-18)38-22-21(28)2-1-11-29-22/h1-11,16,20H,12-14H2,(H,34,35)(H,30,31,36)/t16-,20-/m0/s1. The molecule has 2 aromatic heterocycles. The van der Waals surface area contributed by atoms with Crippen molar-refractivity contribution in [1.29, 1.82) is 0 Å². The van der Waals surface area contributed by atoms with Crippen molar-refractivity contribution in [2.24, 2.45) is 11.8 Å². The van der Waals surface area contributed by atoms with E-state index in [1.807, 2.05) is 0 Å². The first-order valence-corrected chi connectivity index (χ1v) is 12.0. The van der Waals surface area contributed by atoms with Gasteiger partial charge in [-0.15, -0.1) is 0 Å². The Labute approximate surface area is 219 Å². The van der Waals surface area contributed by atoms with Crippen molar-refractivity contribution in [3.63, 3.8) is 0 Å². The number of carboxylic acid groups (broad SMARTS) is 1. The third-order valence-corrected chi connectivity index (χ3v) is 6.36. The van der Waals surface area contributed by atoms with Crippen LogP contribution in [0.2, 0.25) is 5.02 Å². The van der Waals surface area contributed by atoms with Crippen LogP contribution in [0, 0.1) is 17.7 Å². The van der Waals surface area contributed by atoms with Crippen LogP contribution in [0.1, 0.15) is 12.0 Å². The van der Waals surface area contributed by atoms with Crippen LogP contribution in [0.5, 0.6) is 11.6 Å². The van der Waals surface area contributed by atoms with Crippen molar-refractivity contribution in [2.45, 2.75) is 19.5 Å². The summed E-state index contributed by atoms with van der Waals surface area (Å²) in [4.78, 5) is 45.4. The Morgan fingerprint density at radius 1 is 1.11 bits per heavy atom. The number of ether oxygens (including phenoxy) is 1. The van der Waals surface area contributed by atoms with Crippen LogP contribution in [-0.4, -0.2) is 30.2 Å². The lowest BCUT2D eigenvalue weighted by Gasteiger charge is -2.16. The highest BCUT2D eigenvalue weighted by Gasteiger charge is 2.43. The van der Waals surface area contributed by atoms with E-state index in [2.05, 4.69) is 15.3 Å². The number of pyridine rings is 1. The predicted molar refractivity (Wildman–Crippen MR) is 137 cm³/mol. The fourth-order valence-corrected chi connectivity index (χ4v) is 4.10. The summed E-state index contributed by atoms with van der Waals surface area (Å²) in [6.07, 6.45) is 1.81. The highest BCUT2D eigenvalue weighted by molar-refractivity contribution is 6.30. The Kier molecular flexibility index (Phi) is 6.93. The lowest BCUT2D eigenvalue weighted by molar-refractivity contribution is -0.138. The molecule has 10 nitrogen and oxygen atoms in total. The summed E-state index contributed by atoms with van der Waals surface area (Å²) in [7, 11) is 0. The number of nitrogens with zero attached hydrogens (tertiary/aromatic N) is 4. The molecule has 2 aromatic carbocycles. The van der Waals surface area contributed by atoms with Gasteiger partial charge in [-0.25, -0.2) is 23.5 Å². The predicted octanol–water partition coefficient (Wildman–Crippen LogP) is 3.90. The van der Waals surface area contributed by atoms with Crippen molar-refractivity contribution in [2.75, 3.05) is 5.32 Å². The number of rotatable bonds is 9. The van der Waals surface area contributed by atoms with Crippen LogP contribution in [0.15, 0.2) is 76.4 Å². The Hall–Kier alpha value is -4.51. The molecule has 2 N–H and O–H groups in total. The molecule has 194 valence electrons. The van der Waals surface area contributed by atoms with Crippen LogP contribution < -0.4 is 21.4 Å². The summed E-state index contributed by atoms with van der Waals surface area (Å²) in [6, 6.07) is 15.9. The van der Waals surface area contributed by atoms with Crippen LogP contribution in [0.4, 0.5) is 16.0 Å². The van der Waals surface area contributed by atoms with Gasteiger partial charge in [-0.2, -0.15) is 4.98 Å². The van der Waals surface area contributed by atoms with Gasteiger partial charge in [0, 0.05) is 23.5 Å². The first-order chi connectivity index (χ1) is 18.3. The number of halogens is 2. The second-order valence-corrected chi connectivity index (χ2v) is 9.24. The number of hydrogen-bond donors (Lipinski definition) is 2. The van der Waals surface area contributed by atoms with E-state index < -0.39 is 29.1 Å². The highest BCUT2D eigenvalue weighted by Crippen LogP contribution is 2.39. The smallest absolute Gasteiger partial charge is 0.354 e.